The number of nitrogens with zero attached hydrogens (tertiary/aromatic N) is 1. The minimum Gasteiger partial charge on any atom is -0.355 e. The Morgan fingerprint density at radius 3 is 2.55 bits per heavy atom. The predicted molar refractivity (Wildman–Crippen MR) is 113 cm³/mol. The van der Waals surface area contributed by atoms with Gasteiger partial charge in [-0.15, -0.1) is 11.3 Å². The van der Waals surface area contributed by atoms with E-state index in [1.807, 2.05) is 49.6 Å². The molecule has 0 fully saturated rings. The van der Waals surface area contributed by atoms with Crippen molar-refractivity contribution in [3.8, 4) is 0 Å². The molecule has 29 heavy (non-hydrogen) atoms. The summed E-state index contributed by atoms with van der Waals surface area (Å²) in [4.78, 5) is 28.9. The van der Waals surface area contributed by atoms with Crippen molar-refractivity contribution in [1.82, 2.24) is 10.2 Å². The number of nitrogens with one attached hydrogen (secondary N) is 1. The number of rotatable bonds is 9. The van der Waals surface area contributed by atoms with E-state index in [0.29, 0.717) is 31.7 Å². The van der Waals surface area contributed by atoms with Gasteiger partial charge in [0, 0.05) is 43.7 Å². The molecule has 2 atom stereocenters. The van der Waals surface area contributed by atoms with Crippen LogP contribution in [0.3, 0.4) is 0 Å². The molecule has 1 aromatic carbocycles. The van der Waals surface area contributed by atoms with Crippen LogP contribution in [-0.4, -0.2) is 49.8 Å². The molecule has 2 heterocycles. The Morgan fingerprint density at radius 2 is 1.90 bits per heavy atom. The Morgan fingerprint density at radius 1 is 1.17 bits per heavy atom. The first kappa shape index (κ1) is 21.5. The Bertz CT molecular complexity index is 818. The number of carbonyl (C=O) groups is 2. The van der Waals surface area contributed by atoms with Gasteiger partial charge in [0.2, 0.25) is 5.91 Å². The summed E-state index contributed by atoms with van der Waals surface area (Å²) >= 11 is 1.56. The Labute approximate surface area is 175 Å². The van der Waals surface area contributed by atoms with Gasteiger partial charge >= 0.3 is 0 Å². The van der Waals surface area contributed by atoms with Gasteiger partial charge in [-0.3, -0.25) is 9.59 Å². The molecule has 0 unspecified atom stereocenters. The van der Waals surface area contributed by atoms with Crippen LogP contribution in [0.15, 0.2) is 41.8 Å². The summed E-state index contributed by atoms with van der Waals surface area (Å²) in [6.07, 6.45) is 0.238. The highest BCUT2D eigenvalue weighted by Crippen LogP contribution is 2.43. The molecule has 2 aromatic rings. The summed E-state index contributed by atoms with van der Waals surface area (Å²) in [5.74, 6) is -0.622. The third-order valence-electron chi connectivity index (χ3n) is 5.08. The number of benzene rings is 1. The van der Waals surface area contributed by atoms with Crippen molar-refractivity contribution in [2.24, 2.45) is 0 Å². The normalized spacial score (nSPS) is 18.8. The highest BCUT2D eigenvalue weighted by Gasteiger charge is 2.42. The molecule has 0 bridgehead atoms. The minimum absolute atomic E-state index is 0.0594. The van der Waals surface area contributed by atoms with Crippen molar-refractivity contribution in [2.45, 2.75) is 38.5 Å². The van der Waals surface area contributed by atoms with Crippen molar-refractivity contribution in [1.29, 1.82) is 0 Å². The van der Waals surface area contributed by atoms with E-state index in [0.717, 1.165) is 10.4 Å². The lowest BCUT2D eigenvalue weighted by atomic mass is 9.81. The summed E-state index contributed by atoms with van der Waals surface area (Å²) in [6.45, 7) is 5.39. The molecule has 0 spiro atoms. The Kier molecular flexibility index (Phi) is 7.41. The van der Waals surface area contributed by atoms with Crippen molar-refractivity contribution in [2.75, 3.05) is 26.8 Å². The van der Waals surface area contributed by atoms with Crippen LogP contribution in [0.5, 0.6) is 0 Å². The molecular formula is C22H28N2O4S. The smallest absolute Gasteiger partial charge is 0.254 e. The molecule has 6 nitrogen and oxygen atoms in total. The maximum atomic E-state index is 13.3. The van der Waals surface area contributed by atoms with Gasteiger partial charge in [0.1, 0.15) is 0 Å². The molecule has 156 valence electrons. The van der Waals surface area contributed by atoms with Gasteiger partial charge in [0.05, 0.1) is 12.0 Å². The topological polar surface area (TPSA) is 67.9 Å². The van der Waals surface area contributed by atoms with Gasteiger partial charge in [-0.05, 0) is 36.9 Å². The number of ether oxygens (including phenoxy) is 2. The summed E-state index contributed by atoms with van der Waals surface area (Å²) < 4.78 is 11.1. The maximum absolute atomic E-state index is 13.3. The molecule has 1 N–H and O–H groups in total. The molecule has 3 rings (SSSR count). The molecule has 1 aliphatic rings. The van der Waals surface area contributed by atoms with E-state index in [2.05, 4.69) is 5.32 Å². The van der Waals surface area contributed by atoms with Gasteiger partial charge in [0.15, 0.2) is 6.29 Å². The fourth-order valence-electron chi connectivity index (χ4n) is 3.78. The van der Waals surface area contributed by atoms with Gasteiger partial charge in [-0.1, -0.05) is 24.3 Å². The highest BCUT2D eigenvalue weighted by atomic mass is 32.1. The van der Waals surface area contributed by atoms with E-state index in [-0.39, 0.29) is 24.1 Å². The van der Waals surface area contributed by atoms with Crippen molar-refractivity contribution < 1.29 is 19.1 Å². The minimum atomic E-state index is -0.467. The van der Waals surface area contributed by atoms with Gasteiger partial charge < -0.3 is 19.7 Å². The SMILES string of the molecule is CCOC(CCNC(=O)[C@@H]1c2ccccc2C(=O)N(C)[C@@H]1c1cccs1)OCC. The average molecular weight is 417 g/mol. The largest absolute Gasteiger partial charge is 0.355 e. The molecule has 1 aromatic heterocycles. The molecule has 2 amide bonds. The lowest BCUT2D eigenvalue weighted by molar-refractivity contribution is -0.140. The zero-order valence-corrected chi connectivity index (χ0v) is 17.9. The third-order valence-corrected chi connectivity index (χ3v) is 6.02. The van der Waals surface area contributed by atoms with Crippen LogP contribution >= 0.6 is 11.3 Å². The van der Waals surface area contributed by atoms with Gasteiger partial charge in [-0.25, -0.2) is 0 Å². The summed E-state index contributed by atoms with van der Waals surface area (Å²) in [6, 6.07) is 11.0. The molecule has 0 radical (unpaired) electrons. The number of carbonyl (C=O) groups excluding carboxylic acids is 2. The zero-order chi connectivity index (χ0) is 20.8. The van der Waals surface area contributed by atoms with Crippen LogP contribution < -0.4 is 5.32 Å². The quantitative estimate of drug-likeness (QED) is 0.635. The van der Waals surface area contributed by atoms with Gasteiger partial charge in [0.25, 0.3) is 5.91 Å². The number of hydrogen-bond donors (Lipinski definition) is 1. The zero-order valence-electron chi connectivity index (χ0n) is 17.1. The van der Waals surface area contributed by atoms with Crippen LogP contribution in [0, 0.1) is 0 Å². The monoisotopic (exact) mass is 416 g/mol. The lowest BCUT2D eigenvalue weighted by Crippen LogP contribution is -2.45. The Balaban J connectivity index is 1.82. The van der Waals surface area contributed by atoms with E-state index < -0.39 is 5.92 Å². The highest BCUT2D eigenvalue weighted by molar-refractivity contribution is 7.10. The van der Waals surface area contributed by atoms with Crippen LogP contribution in [0.1, 0.15) is 53.0 Å². The second-order valence-corrected chi connectivity index (χ2v) is 7.84. The first-order chi connectivity index (χ1) is 14.1. The molecule has 1 aliphatic heterocycles. The second-order valence-electron chi connectivity index (χ2n) is 6.86. The third kappa shape index (κ3) is 4.69. The maximum Gasteiger partial charge on any atom is 0.254 e. The lowest BCUT2D eigenvalue weighted by Gasteiger charge is -2.39. The standard InChI is InChI=1S/C22H28N2O4S/c1-4-27-18(28-5-2)12-13-23-21(25)19-15-9-6-7-10-16(15)22(26)24(3)20(19)17-11-8-14-29-17/h6-11,14,18-20H,4-5,12-13H2,1-3H3,(H,23,25)/t19-,20-/m1/s1. The fourth-order valence-corrected chi connectivity index (χ4v) is 4.69. The van der Waals surface area contributed by atoms with E-state index in [1.54, 1.807) is 29.4 Å². The summed E-state index contributed by atoms with van der Waals surface area (Å²) in [5.41, 5.74) is 1.36. The molecule has 0 saturated heterocycles. The average Bonchev–Trinajstić information content (AvgIpc) is 3.25. The van der Waals surface area contributed by atoms with E-state index >= 15 is 0 Å². The van der Waals surface area contributed by atoms with E-state index in [9.17, 15) is 9.59 Å². The van der Waals surface area contributed by atoms with Crippen LogP contribution in [0.2, 0.25) is 0 Å². The van der Waals surface area contributed by atoms with Crippen LogP contribution in [0.4, 0.5) is 0 Å². The van der Waals surface area contributed by atoms with Crippen molar-refractivity contribution >= 4 is 23.2 Å². The van der Waals surface area contributed by atoms with Crippen molar-refractivity contribution in [3.05, 3.63) is 57.8 Å². The van der Waals surface area contributed by atoms with Crippen LogP contribution in [-0.2, 0) is 14.3 Å². The van der Waals surface area contributed by atoms with Crippen molar-refractivity contribution in [3.63, 3.8) is 0 Å². The number of amides is 2. The molecular weight excluding hydrogens is 388 g/mol. The summed E-state index contributed by atoms with van der Waals surface area (Å²) in [7, 11) is 1.77. The van der Waals surface area contributed by atoms with E-state index in [4.69, 9.17) is 9.47 Å². The number of likely N-dealkylation sites (N-methyl/N-ethyl adjacent to an activating group) is 1. The molecule has 7 heteroatoms. The fraction of sp³-hybridized carbons (Fsp3) is 0.455. The number of fused-ring (bicyclic) bond motifs is 1. The number of thiophene rings is 1. The van der Waals surface area contributed by atoms with Gasteiger partial charge in [-0.2, -0.15) is 0 Å². The first-order valence-electron chi connectivity index (χ1n) is 9.98. The molecule has 0 saturated carbocycles. The number of hydrogen-bond acceptors (Lipinski definition) is 5. The summed E-state index contributed by atoms with van der Waals surface area (Å²) in [5, 5.41) is 5.01. The second kappa shape index (κ2) is 10.0. The van der Waals surface area contributed by atoms with E-state index in [1.165, 1.54) is 0 Å². The molecule has 0 aliphatic carbocycles. The predicted octanol–water partition coefficient (Wildman–Crippen LogP) is 3.56. The Hall–Kier alpha value is -2.22. The van der Waals surface area contributed by atoms with Crippen LogP contribution in [0.25, 0.3) is 0 Å². The first-order valence-corrected chi connectivity index (χ1v) is 10.9.